The second kappa shape index (κ2) is 9.82. The Morgan fingerprint density at radius 1 is 1.33 bits per heavy atom. The number of aryl methyl sites for hydroxylation is 2. The van der Waals surface area contributed by atoms with Crippen LogP contribution in [0.25, 0.3) is 0 Å². The van der Waals surface area contributed by atoms with Gasteiger partial charge in [-0.05, 0) is 38.5 Å². The summed E-state index contributed by atoms with van der Waals surface area (Å²) >= 11 is 0. The second-order valence-electron chi connectivity index (χ2n) is 6.63. The fourth-order valence-corrected chi connectivity index (χ4v) is 2.48. The van der Waals surface area contributed by atoms with E-state index in [1.54, 1.807) is 6.07 Å². The fourth-order valence-electron chi connectivity index (χ4n) is 2.48. The maximum Gasteiger partial charge on any atom is 0.421 e. The van der Waals surface area contributed by atoms with Crippen LogP contribution in [-0.4, -0.2) is 29.7 Å². The Bertz CT molecular complexity index is 778. The van der Waals surface area contributed by atoms with Crippen LogP contribution in [-0.2, 0) is 23.6 Å². The van der Waals surface area contributed by atoms with Crippen LogP contribution in [0.1, 0.15) is 27.2 Å². The Morgan fingerprint density at radius 3 is 2.74 bits per heavy atom. The minimum absolute atomic E-state index is 0.127. The first-order chi connectivity index (χ1) is 12.9. The van der Waals surface area contributed by atoms with E-state index < -0.39 is 0 Å². The van der Waals surface area contributed by atoms with Gasteiger partial charge in [0.15, 0.2) is 0 Å². The summed E-state index contributed by atoms with van der Waals surface area (Å²) in [5.74, 6) is 0.592. The number of rotatable bonds is 9. The Kier molecular flexibility index (Phi) is 7.48. The van der Waals surface area contributed by atoms with Crippen LogP contribution in [0.15, 0.2) is 40.8 Å². The zero-order valence-corrected chi connectivity index (χ0v) is 16.7. The number of nitrogens with one attached hydrogen (secondary N) is 2. The molecule has 0 unspecified atom stereocenters. The molecule has 8 nitrogen and oxygen atoms in total. The van der Waals surface area contributed by atoms with Crippen molar-refractivity contribution in [2.75, 3.05) is 23.8 Å². The number of carbonyl (C=O) groups excluding carboxylic acids is 1. The zero-order chi connectivity index (χ0) is 19.8. The minimum atomic E-state index is -0.127. The van der Waals surface area contributed by atoms with Gasteiger partial charge in [0.05, 0.1) is 38.3 Å². The highest BCUT2D eigenvalue weighted by Gasteiger charge is 2.12. The smallest absolute Gasteiger partial charge is 0.383 e. The topological polar surface area (TPSA) is 83.9 Å². The van der Waals surface area contributed by atoms with E-state index in [1.807, 2.05) is 61.6 Å². The minimum Gasteiger partial charge on any atom is -0.383 e. The van der Waals surface area contributed by atoms with Gasteiger partial charge in [-0.15, -0.1) is 0 Å². The molecule has 0 radical (unpaired) electrons. The molecule has 0 atom stereocenters. The van der Waals surface area contributed by atoms with Crippen LogP contribution in [0, 0.1) is 0 Å². The molecule has 0 saturated carbocycles. The highest BCUT2D eigenvalue weighted by Crippen LogP contribution is 2.30. The van der Waals surface area contributed by atoms with Gasteiger partial charge in [-0.3, -0.25) is 4.79 Å². The molecule has 0 spiro atoms. The Hall–Kier alpha value is -2.74. The van der Waals surface area contributed by atoms with Crippen molar-refractivity contribution in [1.82, 2.24) is 4.57 Å². The lowest BCUT2D eigenvalue weighted by molar-refractivity contribution is -0.657. The van der Waals surface area contributed by atoms with Gasteiger partial charge in [-0.1, -0.05) is 5.11 Å². The first kappa shape index (κ1) is 20.6. The first-order valence-corrected chi connectivity index (χ1v) is 9.06. The van der Waals surface area contributed by atoms with Crippen LogP contribution in [0.5, 0.6) is 0 Å². The molecule has 0 aliphatic heterocycles. The molecule has 1 aromatic carbocycles. The van der Waals surface area contributed by atoms with Crippen molar-refractivity contribution < 1.29 is 14.1 Å². The molecule has 1 amide bonds. The third-order valence-electron chi connectivity index (χ3n) is 3.80. The maximum absolute atomic E-state index is 11.3. The number of carbonyl (C=O) groups is 1. The number of nitrogens with zero attached hydrogens (tertiary/aromatic N) is 4. The van der Waals surface area contributed by atoms with Crippen molar-refractivity contribution >= 4 is 28.9 Å². The van der Waals surface area contributed by atoms with Crippen LogP contribution in [0.2, 0.25) is 0 Å². The number of amides is 1. The average molecular weight is 373 g/mol. The molecule has 0 bridgehead atoms. The maximum atomic E-state index is 11.3. The molecule has 1 aromatic heterocycles. The summed E-state index contributed by atoms with van der Waals surface area (Å²) in [5.41, 5.74) is 2.20. The predicted octanol–water partition coefficient (Wildman–Crippen LogP) is 3.45. The molecular weight excluding hydrogens is 344 g/mol. The van der Waals surface area contributed by atoms with Gasteiger partial charge in [0.1, 0.15) is 5.69 Å². The highest BCUT2D eigenvalue weighted by atomic mass is 16.5. The van der Waals surface area contributed by atoms with Gasteiger partial charge >= 0.3 is 5.95 Å². The van der Waals surface area contributed by atoms with Crippen LogP contribution >= 0.6 is 0 Å². The normalized spacial score (nSPS) is 11.3. The SMILES string of the molecule is CC(=O)Nc1ccc(NCCCOC(C)C)c(N=Nc2n(C)cc[n+]2C)c1. The molecule has 0 aliphatic rings. The molecule has 1 heterocycles. The van der Waals surface area contributed by atoms with Gasteiger partial charge in [0, 0.05) is 30.9 Å². The van der Waals surface area contributed by atoms with E-state index >= 15 is 0 Å². The quantitative estimate of drug-likeness (QED) is 0.401. The Morgan fingerprint density at radius 2 is 2.11 bits per heavy atom. The van der Waals surface area contributed by atoms with Gasteiger partial charge in [-0.2, -0.15) is 0 Å². The van der Waals surface area contributed by atoms with Crippen LogP contribution in [0.4, 0.5) is 23.0 Å². The van der Waals surface area contributed by atoms with E-state index in [9.17, 15) is 4.79 Å². The number of imidazole rings is 1. The lowest BCUT2D eigenvalue weighted by atomic mass is 10.2. The summed E-state index contributed by atoms with van der Waals surface area (Å²) in [7, 11) is 3.83. The van der Waals surface area contributed by atoms with E-state index in [0.717, 1.165) is 24.6 Å². The summed E-state index contributed by atoms with van der Waals surface area (Å²) in [5, 5.41) is 14.9. The number of aromatic nitrogens is 2. The van der Waals surface area contributed by atoms with Crippen molar-refractivity contribution in [3.05, 3.63) is 30.6 Å². The van der Waals surface area contributed by atoms with Crippen molar-refractivity contribution in [3.8, 4) is 0 Å². The van der Waals surface area contributed by atoms with Crippen molar-refractivity contribution in [2.45, 2.75) is 33.3 Å². The molecule has 146 valence electrons. The molecule has 2 aromatic rings. The van der Waals surface area contributed by atoms with Gasteiger partial charge in [0.2, 0.25) is 5.91 Å². The van der Waals surface area contributed by atoms with Gasteiger partial charge in [0.25, 0.3) is 0 Å². The van der Waals surface area contributed by atoms with Crippen molar-refractivity contribution in [3.63, 3.8) is 0 Å². The molecular formula is C19H29N6O2+. The standard InChI is InChI=1S/C19H28N6O2/c1-14(2)27-12-6-9-20-17-8-7-16(21-15(3)26)13-18(17)22-23-19-24(4)10-11-25(19)5/h7-8,10-11,13-14H,6,9,12H2,1-5H3,(H,21,22,26)/p+1. The summed E-state index contributed by atoms with van der Waals surface area (Å²) in [6.07, 6.45) is 4.94. The lowest BCUT2D eigenvalue weighted by Crippen LogP contribution is -2.25. The number of hydrogen-bond donors (Lipinski definition) is 2. The number of anilines is 2. The first-order valence-electron chi connectivity index (χ1n) is 9.06. The van der Waals surface area contributed by atoms with Gasteiger partial charge < -0.3 is 15.4 Å². The molecule has 0 fully saturated rings. The predicted molar refractivity (Wildman–Crippen MR) is 106 cm³/mol. The molecule has 27 heavy (non-hydrogen) atoms. The second-order valence-corrected chi connectivity index (χ2v) is 6.63. The average Bonchev–Trinajstić information content (AvgIpc) is 2.91. The van der Waals surface area contributed by atoms with Gasteiger partial charge in [-0.25, -0.2) is 9.13 Å². The Labute approximate surface area is 160 Å². The summed E-state index contributed by atoms with van der Waals surface area (Å²) < 4.78 is 9.33. The lowest BCUT2D eigenvalue weighted by Gasteiger charge is -2.11. The van der Waals surface area contributed by atoms with E-state index in [1.165, 1.54) is 6.92 Å². The summed E-state index contributed by atoms with van der Waals surface area (Å²) in [6.45, 7) is 6.98. The summed E-state index contributed by atoms with van der Waals surface area (Å²) in [6, 6.07) is 5.55. The van der Waals surface area contributed by atoms with E-state index in [2.05, 4.69) is 20.9 Å². The zero-order valence-electron chi connectivity index (χ0n) is 16.7. The number of hydrogen-bond acceptors (Lipinski definition) is 5. The monoisotopic (exact) mass is 373 g/mol. The van der Waals surface area contributed by atoms with Crippen molar-refractivity contribution in [2.24, 2.45) is 24.3 Å². The van der Waals surface area contributed by atoms with E-state index in [-0.39, 0.29) is 12.0 Å². The van der Waals surface area contributed by atoms with Crippen molar-refractivity contribution in [1.29, 1.82) is 0 Å². The van der Waals surface area contributed by atoms with Crippen LogP contribution in [0.3, 0.4) is 0 Å². The number of ether oxygens (including phenoxy) is 1. The largest absolute Gasteiger partial charge is 0.421 e. The highest BCUT2D eigenvalue weighted by molar-refractivity contribution is 5.90. The molecule has 0 saturated heterocycles. The van der Waals surface area contributed by atoms with Crippen LogP contribution < -0.4 is 15.2 Å². The fraction of sp³-hybridized carbons (Fsp3) is 0.474. The van der Waals surface area contributed by atoms with E-state index in [4.69, 9.17) is 4.74 Å². The summed E-state index contributed by atoms with van der Waals surface area (Å²) in [4.78, 5) is 11.3. The Balaban J connectivity index is 2.15. The molecule has 2 N–H and O–H groups in total. The molecule has 0 aliphatic carbocycles. The third kappa shape index (κ3) is 6.49. The number of benzene rings is 1. The molecule has 2 rings (SSSR count). The number of azo groups is 1. The molecule has 8 heteroatoms. The third-order valence-corrected chi connectivity index (χ3v) is 3.80. The van der Waals surface area contributed by atoms with E-state index in [0.29, 0.717) is 18.0 Å².